The number of aryl methyl sites for hydroxylation is 1. The Morgan fingerprint density at radius 2 is 2.38 bits per heavy atom. The van der Waals surface area contributed by atoms with E-state index in [0.29, 0.717) is 12.8 Å². The molecule has 1 unspecified atom stereocenters. The molecule has 0 radical (unpaired) electrons. The second-order valence-corrected chi connectivity index (χ2v) is 5.04. The summed E-state index contributed by atoms with van der Waals surface area (Å²) < 4.78 is 0. The molecule has 0 saturated heterocycles. The highest BCUT2D eigenvalue weighted by Gasteiger charge is 2.19. The molecule has 0 aliphatic rings. The van der Waals surface area contributed by atoms with Gasteiger partial charge in [0.2, 0.25) is 5.91 Å². The van der Waals surface area contributed by atoms with E-state index in [1.165, 1.54) is 11.8 Å². The van der Waals surface area contributed by atoms with Crippen molar-refractivity contribution in [2.24, 2.45) is 0 Å². The van der Waals surface area contributed by atoms with Crippen molar-refractivity contribution in [2.45, 2.75) is 25.4 Å². The number of hydrogen-bond donors (Lipinski definition) is 3. The van der Waals surface area contributed by atoms with Gasteiger partial charge in [0.15, 0.2) is 0 Å². The normalized spacial score (nSPS) is 14.4. The van der Waals surface area contributed by atoms with Gasteiger partial charge in [0.05, 0.1) is 6.61 Å². The third-order valence-electron chi connectivity index (χ3n) is 2.19. The molecule has 1 heterocycles. The lowest BCUT2D eigenvalue weighted by Gasteiger charge is -2.20. The summed E-state index contributed by atoms with van der Waals surface area (Å²) in [4.78, 5) is 12.6. The molecule has 0 aliphatic heterocycles. The number of hydrogen-bond acceptors (Lipinski definition) is 4. The van der Waals surface area contributed by atoms with Crippen molar-refractivity contribution in [3.8, 4) is 0 Å². The van der Waals surface area contributed by atoms with E-state index in [9.17, 15) is 9.90 Å². The van der Waals surface area contributed by atoms with Gasteiger partial charge in [-0.25, -0.2) is 0 Å². The fourth-order valence-electron chi connectivity index (χ4n) is 1.12. The van der Waals surface area contributed by atoms with E-state index >= 15 is 0 Å². The van der Waals surface area contributed by atoms with E-state index in [2.05, 4.69) is 5.32 Å². The van der Waals surface area contributed by atoms with Crippen molar-refractivity contribution in [2.75, 3.05) is 13.2 Å². The number of carbonyl (C=O) groups is 1. The Kier molecular flexibility index (Phi) is 4.92. The van der Waals surface area contributed by atoms with Crippen molar-refractivity contribution in [1.29, 1.82) is 0 Å². The number of thiophene rings is 1. The summed E-state index contributed by atoms with van der Waals surface area (Å²) in [5.74, 6) is -0.109. The standard InChI is InChI=1S/C11H17NO3S/c1-11(15,8-13)7-12-10(14)5-4-9-3-2-6-16-9/h2-3,6,13,15H,4-5,7-8H2,1H3,(H,12,14). The molecule has 3 N–H and O–H groups in total. The van der Waals surface area contributed by atoms with Gasteiger partial charge in [-0.15, -0.1) is 11.3 Å². The first-order valence-corrected chi connectivity index (χ1v) is 6.04. The highest BCUT2D eigenvalue weighted by molar-refractivity contribution is 7.09. The molecular weight excluding hydrogens is 226 g/mol. The molecule has 1 amide bonds. The second-order valence-electron chi connectivity index (χ2n) is 4.01. The van der Waals surface area contributed by atoms with E-state index in [0.717, 1.165) is 0 Å². The molecule has 4 nitrogen and oxygen atoms in total. The molecule has 16 heavy (non-hydrogen) atoms. The zero-order valence-electron chi connectivity index (χ0n) is 9.27. The molecule has 90 valence electrons. The van der Waals surface area contributed by atoms with Crippen molar-refractivity contribution >= 4 is 17.2 Å². The lowest BCUT2D eigenvalue weighted by Crippen LogP contribution is -2.43. The van der Waals surface area contributed by atoms with Crippen LogP contribution in [0.3, 0.4) is 0 Å². The van der Waals surface area contributed by atoms with E-state index in [1.54, 1.807) is 11.3 Å². The number of carbonyl (C=O) groups excluding carboxylic acids is 1. The third-order valence-corrected chi connectivity index (χ3v) is 3.12. The first-order chi connectivity index (χ1) is 7.53. The maximum atomic E-state index is 11.4. The molecule has 0 fully saturated rings. The van der Waals surface area contributed by atoms with E-state index in [-0.39, 0.29) is 19.1 Å². The largest absolute Gasteiger partial charge is 0.393 e. The van der Waals surface area contributed by atoms with Gasteiger partial charge in [0.1, 0.15) is 5.60 Å². The molecule has 0 aliphatic carbocycles. The van der Waals surface area contributed by atoms with Crippen LogP contribution in [0, 0.1) is 0 Å². The fraction of sp³-hybridized carbons (Fsp3) is 0.545. The van der Waals surface area contributed by atoms with Gasteiger partial charge in [-0.05, 0) is 24.8 Å². The van der Waals surface area contributed by atoms with Gasteiger partial charge < -0.3 is 15.5 Å². The molecular formula is C11H17NO3S. The number of amides is 1. The maximum absolute atomic E-state index is 11.4. The maximum Gasteiger partial charge on any atom is 0.220 e. The lowest BCUT2D eigenvalue weighted by molar-refractivity contribution is -0.122. The van der Waals surface area contributed by atoms with Crippen molar-refractivity contribution in [3.63, 3.8) is 0 Å². The van der Waals surface area contributed by atoms with Crippen LogP contribution in [0.5, 0.6) is 0 Å². The topological polar surface area (TPSA) is 69.6 Å². The summed E-state index contributed by atoms with van der Waals surface area (Å²) in [5.41, 5.74) is -1.24. The Hall–Kier alpha value is -0.910. The summed E-state index contributed by atoms with van der Waals surface area (Å²) >= 11 is 1.62. The summed E-state index contributed by atoms with van der Waals surface area (Å²) in [5, 5.41) is 22.8. The van der Waals surface area contributed by atoms with E-state index in [4.69, 9.17) is 5.11 Å². The summed E-state index contributed by atoms with van der Waals surface area (Å²) in [6.45, 7) is 1.19. The van der Waals surface area contributed by atoms with Crippen LogP contribution in [-0.4, -0.2) is 34.9 Å². The van der Waals surface area contributed by atoms with Crippen LogP contribution in [-0.2, 0) is 11.2 Å². The summed E-state index contributed by atoms with van der Waals surface area (Å²) in [6.07, 6.45) is 1.12. The zero-order valence-corrected chi connectivity index (χ0v) is 10.1. The van der Waals surface area contributed by atoms with Crippen LogP contribution in [0.15, 0.2) is 17.5 Å². The zero-order chi connectivity index (χ0) is 12.0. The van der Waals surface area contributed by atoms with Crippen molar-refractivity contribution in [3.05, 3.63) is 22.4 Å². The second kappa shape index (κ2) is 5.98. The first-order valence-electron chi connectivity index (χ1n) is 5.16. The monoisotopic (exact) mass is 243 g/mol. The molecule has 5 heteroatoms. The minimum Gasteiger partial charge on any atom is -0.393 e. The van der Waals surface area contributed by atoms with Crippen molar-refractivity contribution < 1.29 is 15.0 Å². The van der Waals surface area contributed by atoms with Crippen LogP contribution in [0.25, 0.3) is 0 Å². The quantitative estimate of drug-likeness (QED) is 0.683. The van der Waals surface area contributed by atoms with Crippen LogP contribution < -0.4 is 5.32 Å². The molecule has 0 aromatic carbocycles. The third kappa shape index (κ3) is 4.74. The van der Waals surface area contributed by atoms with Crippen LogP contribution in [0.2, 0.25) is 0 Å². The van der Waals surface area contributed by atoms with E-state index in [1.807, 2.05) is 17.5 Å². The first kappa shape index (κ1) is 13.2. The van der Waals surface area contributed by atoms with Gasteiger partial charge in [-0.1, -0.05) is 6.07 Å². The molecule has 0 spiro atoms. The van der Waals surface area contributed by atoms with Gasteiger partial charge >= 0.3 is 0 Å². The Bertz CT molecular complexity index is 322. The average Bonchev–Trinajstić information content (AvgIpc) is 2.76. The highest BCUT2D eigenvalue weighted by Crippen LogP contribution is 2.10. The van der Waals surface area contributed by atoms with Gasteiger partial charge in [-0.3, -0.25) is 4.79 Å². The number of aliphatic hydroxyl groups excluding tert-OH is 1. The highest BCUT2D eigenvalue weighted by atomic mass is 32.1. The molecule has 1 aromatic rings. The molecule has 1 atom stereocenters. The van der Waals surface area contributed by atoms with Gasteiger partial charge in [0.25, 0.3) is 0 Å². The van der Waals surface area contributed by atoms with Crippen LogP contribution in [0.4, 0.5) is 0 Å². The SMILES string of the molecule is CC(O)(CO)CNC(=O)CCc1cccs1. The fourth-order valence-corrected chi connectivity index (χ4v) is 1.83. The summed E-state index contributed by atoms with van der Waals surface area (Å²) in [6, 6.07) is 3.94. The number of aliphatic hydroxyl groups is 2. The Morgan fingerprint density at radius 1 is 1.62 bits per heavy atom. The number of nitrogens with one attached hydrogen (secondary N) is 1. The molecule has 1 rings (SSSR count). The minimum atomic E-state index is -1.24. The Morgan fingerprint density at radius 3 is 2.94 bits per heavy atom. The predicted octanol–water partition coefficient (Wildman–Crippen LogP) is 0.540. The van der Waals surface area contributed by atoms with E-state index < -0.39 is 5.60 Å². The minimum absolute atomic E-state index is 0.0762. The van der Waals surface area contributed by atoms with Crippen LogP contribution >= 0.6 is 11.3 Å². The Labute approximate surface area is 98.9 Å². The smallest absolute Gasteiger partial charge is 0.220 e. The lowest BCUT2D eigenvalue weighted by atomic mass is 10.1. The molecule has 0 saturated carbocycles. The van der Waals surface area contributed by atoms with Crippen molar-refractivity contribution in [1.82, 2.24) is 5.32 Å². The van der Waals surface area contributed by atoms with Gasteiger partial charge in [-0.2, -0.15) is 0 Å². The number of rotatable bonds is 6. The molecule has 1 aromatic heterocycles. The van der Waals surface area contributed by atoms with Crippen LogP contribution in [0.1, 0.15) is 18.2 Å². The predicted molar refractivity (Wildman–Crippen MR) is 63.4 cm³/mol. The summed E-state index contributed by atoms with van der Waals surface area (Å²) in [7, 11) is 0. The Balaban J connectivity index is 2.21. The average molecular weight is 243 g/mol. The van der Waals surface area contributed by atoms with Gasteiger partial charge in [0, 0.05) is 17.8 Å². The molecule has 0 bridgehead atoms.